The molecule has 0 saturated heterocycles. The Hall–Kier alpha value is -0.890. The molecule has 1 aliphatic carbocycles. The van der Waals surface area contributed by atoms with E-state index in [0.717, 1.165) is 44.6 Å². The zero-order chi connectivity index (χ0) is 15.8. The molecule has 1 saturated carbocycles. The van der Waals surface area contributed by atoms with Gasteiger partial charge in [-0.25, -0.2) is 0 Å². The highest BCUT2D eigenvalue weighted by molar-refractivity contribution is 14.0. The van der Waals surface area contributed by atoms with Crippen molar-refractivity contribution in [3.63, 3.8) is 0 Å². The molecule has 1 aliphatic rings. The van der Waals surface area contributed by atoms with Crippen molar-refractivity contribution >= 4 is 29.9 Å². The highest BCUT2D eigenvalue weighted by atomic mass is 127. The van der Waals surface area contributed by atoms with Crippen molar-refractivity contribution in [2.24, 2.45) is 10.9 Å². The van der Waals surface area contributed by atoms with Crippen LogP contribution in [0.2, 0.25) is 0 Å². The van der Waals surface area contributed by atoms with E-state index < -0.39 is 0 Å². The molecular formula is C17H29IN4O. The number of pyridine rings is 1. The van der Waals surface area contributed by atoms with Gasteiger partial charge in [0.2, 0.25) is 0 Å². The van der Waals surface area contributed by atoms with Gasteiger partial charge in [0, 0.05) is 46.2 Å². The lowest BCUT2D eigenvalue weighted by molar-refractivity contribution is 0.115. The minimum atomic E-state index is 0. The topological polar surface area (TPSA) is 49.8 Å². The number of hydrogen-bond donors (Lipinski definition) is 1. The summed E-state index contributed by atoms with van der Waals surface area (Å²) in [6.07, 6.45) is 7.41. The van der Waals surface area contributed by atoms with Crippen molar-refractivity contribution in [1.29, 1.82) is 0 Å². The van der Waals surface area contributed by atoms with Gasteiger partial charge in [-0.1, -0.05) is 0 Å². The molecule has 1 aromatic rings. The molecule has 0 amide bonds. The minimum absolute atomic E-state index is 0. The molecule has 1 N–H and O–H groups in total. The number of nitrogens with one attached hydrogen (secondary N) is 1. The van der Waals surface area contributed by atoms with Crippen molar-refractivity contribution in [1.82, 2.24) is 15.2 Å². The standard InChI is InChI=1S/C17H28N4O.HI/c1-14-12-19-8-6-16(14)7-9-20-17(18-2)21(3)10-11-22-13-15-4-5-15;/h6,8,12,15H,4-5,7,9-11,13H2,1-3H3,(H,18,20);1H. The number of nitrogens with zero attached hydrogens (tertiary/aromatic N) is 3. The fourth-order valence-electron chi connectivity index (χ4n) is 2.32. The van der Waals surface area contributed by atoms with Crippen LogP contribution in [0, 0.1) is 12.8 Å². The number of hydrogen-bond acceptors (Lipinski definition) is 3. The molecular weight excluding hydrogens is 403 g/mol. The maximum absolute atomic E-state index is 5.68. The predicted octanol–water partition coefficient (Wildman–Crippen LogP) is 2.48. The molecule has 1 fully saturated rings. The molecule has 0 aromatic carbocycles. The maximum atomic E-state index is 5.68. The average Bonchev–Trinajstić information content (AvgIpc) is 3.34. The summed E-state index contributed by atoms with van der Waals surface area (Å²) < 4.78 is 5.68. The van der Waals surface area contributed by atoms with E-state index in [9.17, 15) is 0 Å². The van der Waals surface area contributed by atoms with E-state index in [0.29, 0.717) is 0 Å². The summed E-state index contributed by atoms with van der Waals surface area (Å²) in [5.74, 6) is 1.74. The van der Waals surface area contributed by atoms with E-state index in [1.807, 2.05) is 26.5 Å². The van der Waals surface area contributed by atoms with Crippen molar-refractivity contribution in [3.05, 3.63) is 29.6 Å². The number of guanidine groups is 1. The lowest BCUT2D eigenvalue weighted by Crippen LogP contribution is -2.41. The molecule has 0 unspecified atom stereocenters. The highest BCUT2D eigenvalue weighted by Gasteiger charge is 2.21. The van der Waals surface area contributed by atoms with Crippen LogP contribution in [0.25, 0.3) is 0 Å². The fraction of sp³-hybridized carbons (Fsp3) is 0.647. The van der Waals surface area contributed by atoms with E-state index in [4.69, 9.17) is 4.74 Å². The van der Waals surface area contributed by atoms with Crippen molar-refractivity contribution < 1.29 is 4.74 Å². The van der Waals surface area contributed by atoms with E-state index in [1.54, 1.807) is 0 Å². The van der Waals surface area contributed by atoms with Gasteiger partial charge >= 0.3 is 0 Å². The molecule has 0 spiro atoms. The first-order valence-corrected chi connectivity index (χ1v) is 8.09. The van der Waals surface area contributed by atoms with Crippen LogP contribution in [0.15, 0.2) is 23.5 Å². The SMILES string of the molecule is CN=C(NCCc1ccncc1C)N(C)CCOCC1CC1.I. The van der Waals surface area contributed by atoms with Crippen molar-refractivity contribution in [2.45, 2.75) is 26.2 Å². The van der Waals surface area contributed by atoms with Crippen LogP contribution in [0.5, 0.6) is 0 Å². The van der Waals surface area contributed by atoms with Crippen LogP contribution in [0.1, 0.15) is 24.0 Å². The Labute approximate surface area is 156 Å². The van der Waals surface area contributed by atoms with Crippen molar-refractivity contribution in [2.75, 3.05) is 40.4 Å². The lowest BCUT2D eigenvalue weighted by atomic mass is 10.1. The molecule has 0 bridgehead atoms. The van der Waals surface area contributed by atoms with E-state index in [2.05, 4.69) is 33.2 Å². The zero-order valence-electron chi connectivity index (χ0n) is 14.4. The van der Waals surface area contributed by atoms with Gasteiger partial charge in [-0.2, -0.15) is 0 Å². The smallest absolute Gasteiger partial charge is 0.193 e. The lowest BCUT2D eigenvalue weighted by Gasteiger charge is -2.22. The first-order chi connectivity index (χ1) is 10.7. The number of ether oxygens (including phenoxy) is 1. The summed E-state index contributed by atoms with van der Waals surface area (Å²) in [6, 6.07) is 2.08. The van der Waals surface area contributed by atoms with Gasteiger partial charge in [0.05, 0.1) is 6.61 Å². The molecule has 6 heteroatoms. The second kappa shape index (κ2) is 10.8. The largest absolute Gasteiger partial charge is 0.379 e. The van der Waals surface area contributed by atoms with Gasteiger partial charge in [0.15, 0.2) is 5.96 Å². The van der Waals surface area contributed by atoms with Gasteiger partial charge in [0.25, 0.3) is 0 Å². The first-order valence-electron chi connectivity index (χ1n) is 8.09. The zero-order valence-corrected chi connectivity index (χ0v) is 16.7. The van der Waals surface area contributed by atoms with Gasteiger partial charge in [-0.15, -0.1) is 24.0 Å². The normalized spacial score (nSPS) is 14.3. The third-order valence-corrected chi connectivity index (χ3v) is 4.01. The van der Waals surface area contributed by atoms with Crippen LogP contribution < -0.4 is 5.32 Å². The minimum Gasteiger partial charge on any atom is -0.379 e. The molecule has 1 aromatic heterocycles. The summed E-state index contributed by atoms with van der Waals surface area (Å²) >= 11 is 0. The van der Waals surface area contributed by atoms with Crippen LogP contribution in [0.3, 0.4) is 0 Å². The number of halogens is 1. The number of aryl methyl sites for hydroxylation is 1. The average molecular weight is 432 g/mol. The summed E-state index contributed by atoms with van der Waals surface area (Å²) in [5, 5.41) is 3.41. The van der Waals surface area contributed by atoms with E-state index >= 15 is 0 Å². The molecule has 0 atom stereocenters. The van der Waals surface area contributed by atoms with Crippen LogP contribution in [0.4, 0.5) is 0 Å². The van der Waals surface area contributed by atoms with Crippen LogP contribution in [-0.2, 0) is 11.2 Å². The third-order valence-electron chi connectivity index (χ3n) is 4.01. The molecule has 5 nitrogen and oxygen atoms in total. The Bertz CT molecular complexity index is 491. The fourth-order valence-corrected chi connectivity index (χ4v) is 2.32. The Kier molecular flexibility index (Phi) is 9.47. The highest BCUT2D eigenvalue weighted by Crippen LogP contribution is 2.28. The molecule has 0 aliphatic heterocycles. The monoisotopic (exact) mass is 432 g/mol. The van der Waals surface area contributed by atoms with E-state index in [-0.39, 0.29) is 24.0 Å². The Morgan fingerprint density at radius 3 is 2.91 bits per heavy atom. The number of aliphatic imine (C=N–C) groups is 1. The molecule has 23 heavy (non-hydrogen) atoms. The Morgan fingerprint density at radius 1 is 1.48 bits per heavy atom. The summed E-state index contributed by atoms with van der Waals surface area (Å²) in [4.78, 5) is 10.6. The summed E-state index contributed by atoms with van der Waals surface area (Å²) in [5.41, 5.74) is 2.56. The molecule has 0 radical (unpaired) electrons. The Morgan fingerprint density at radius 2 is 2.26 bits per heavy atom. The first kappa shape index (κ1) is 20.2. The molecule has 1 heterocycles. The van der Waals surface area contributed by atoms with Gasteiger partial charge in [0.1, 0.15) is 0 Å². The number of rotatable bonds is 8. The van der Waals surface area contributed by atoms with Gasteiger partial charge in [-0.05, 0) is 49.3 Å². The second-order valence-electron chi connectivity index (χ2n) is 5.97. The summed E-state index contributed by atoms with van der Waals surface area (Å²) in [7, 11) is 3.87. The van der Waals surface area contributed by atoms with E-state index in [1.165, 1.54) is 24.0 Å². The summed E-state index contributed by atoms with van der Waals surface area (Å²) in [6.45, 7) is 5.50. The van der Waals surface area contributed by atoms with Crippen molar-refractivity contribution in [3.8, 4) is 0 Å². The molecule has 2 rings (SSSR count). The maximum Gasteiger partial charge on any atom is 0.193 e. The van der Waals surface area contributed by atoms with Crippen LogP contribution >= 0.6 is 24.0 Å². The number of aromatic nitrogens is 1. The van der Waals surface area contributed by atoms with Gasteiger partial charge in [-0.3, -0.25) is 9.98 Å². The third kappa shape index (κ3) is 7.48. The van der Waals surface area contributed by atoms with Gasteiger partial charge < -0.3 is 15.0 Å². The molecule has 130 valence electrons. The predicted molar refractivity (Wildman–Crippen MR) is 106 cm³/mol. The number of likely N-dealkylation sites (N-methyl/N-ethyl adjacent to an activating group) is 1. The quantitative estimate of drug-likeness (QED) is 0.297. The second-order valence-corrected chi connectivity index (χ2v) is 5.97. The van der Waals surface area contributed by atoms with Crippen LogP contribution in [-0.4, -0.2) is 56.2 Å². The Balaban J connectivity index is 0.00000264.